The molecule has 1 aliphatic heterocycles. The average molecular weight is 558 g/mol. The minimum atomic E-state index is -4.79. The number of halogens is 5. The monoisotopic (exact) mass is 557 g/mol. The van der Waals surface area contributed by atoms with Crippen LogP contribution in [-0.2, 0) is 21.6 Å². The summed E-state index contributed by atoms with van der Waals surface area (Å²) in [5.41, 5.74) is -1.38. The van der Waals surface area contributed by atoms with Gasteiger partial charge in [-0.25, -0.2) is 18.4 Å². The molecule has 3 aromatic rings. The van der Waals surface area contributed by atoms with E-state index in [2.05, 4.69) is 14.8 Å². The number of ether oxygens (including phenoxy) is 3. The highest BCUT2D eigenvalue weighted by molar-refractivity contribution is 8.00. The van der Waals surface area contributed by atoms with E-state index in [0.717, 1.165) is 6.07 Å². The molecule has 1 aliphatic rings. The summed E-state index contributed by atoms with van der Waals surface area (Å²) in [6.07, 6.45) is 0.266. The second-order valence-electron chi connectivity index (χ2n) is 8.56. The molecule has 1 aromatic heterocycles. The summed E-state index contributed by atoms with van der Waals surface area (Å²) in [5, 5.41) is 14.8. The van der Waals surface area contributed by atoms with Crippen molar-refractivity contribution in [2.75, 3.05) is 13.2 Å². The third-order valence-corrected chi connectivity index (χ3v) is 7.22. The molecule has 0 aliphatic carbocycles. The predicted molar refractivity (Wildman–Crippen MR) is 129 cm³/mol. The highest BCUT2D eigenvalue weighted by atomic mass is 32.2. The summed E-state index contributed by atoms with van der Waals surface area (Å²) in [6, 6.07) is 8.48. The molecule has 1 fully saturated rings. The van der Waals surface area contributed by atoms with Crippen LogP contribution in [0.25, 0.3) is 6.08 Å². The van der Waals surface area contributed by atoms with Crippen molar-refractivity contribution in [1.29, 1.82) is 0 Å². The van der Waals surface area contributed by atoms with Gasteiger partial charge in [0.25, 0.3) is 0 Å². The molecule has 0 radical (unpaired) electrons. The van der Waals surface area contributed by atoms with Crippen molar-refractivity contribution in [2.24, 2.45) is 0 Å². The second kappa shape index (κ2) is 11.8. The van der Waals surface area contributed by atoms with E-state index in [1.165, 1.54) is 53.4 Å². The molecule has 38 heavy (non-hydrogen) atoms. The van der Waals surface area contributed by atoms with E-state index in [0.29, 0.717) is 11.6 Å². The Morgan fingerprint density at radius 3 is 2.61 bits per heavy atom. The maximum absolute atomic E-state index is 14.7. The molecule has 4 rings (SSSR count). The van der Waals surface area contributed by atoms with E-state index in [1.807, 2.05) is 0 Å². The lowest BCUT2D eigenvalue weighted by Crippen LogP contribution is -2.43. The number of thioether (sulfide) groups is 1. The molecule has 2 heterocycles. The molecule has 13 heteroatoms. The van der Waals surface area contributed by atoms with Gasteiger partial charge in [0.1, 0.15) is 35.6 Å². The number of nitrogens with zero attached hydrogens (tertiary/aromatic N) is 3. The van der Waals surface area contributed by atoms with E-state index in [-0.39, 0.29) is 36.3 Å². The number of benzene rings is 2. The van der Waals surface area contributed by atoms with Gasteiger partial charge < -0.3 is 19.3 Å². The van der Waals surface area contributed by atoms with E-state index in [1.54, 1.807) is 25.1 Å². The van der Waals surface area contributed by atoms with Gasteiger partial charge in [0.2, 0.25) is 0 Å². The lowest BCUT2D eigenvalue weighted by Gasteiger charge is -2.37. The van der Waals surface area contributed by atoms with Crippen molar-refractivity contribution in [3.05, 3.63) is 84.0 Å². The van der Waals surface area contributed by atoms with Crippen molar-refractivity contribution in [3.8, 4) is 5.75 Å². The predicted octanol–water partition coefficient (Wildman–Crippen LogP) is 4.92. The van der Waals surface area contributed by atoms with Crippen molar-refractivity contribution < 1.29 is 41.3 Å². The summed E-state index contributed by atoms with van der Waals surface area (Å²) in [6.45, 7) is 2.05. The molecule has 1 N–H and O–H groups in total. The number of rotatable bonds is 9. The molecule has 0 unspecified atom stereocenters. The highest BCUT2D eigenvalue weighted by Crippen LogP contribution is 2.38. The summed E-state index contributed by atoms with van der Waals surface area (Å²) in [5.74, 6) is -1.99. The standard InChI is InChI=1S/C25H24F5N3O4S/c1-16(24(34,13-33-15-31-14-32-33)21-7-6-18(26)10-22(21)27)38-20-11-35-23(36-12-20)8-5-17-3-2-4-19(9-17)37-25(28,29)30/h2-10,14-16,20,23,34H,11-13H2,1H3/b8-5+/t16-,20?,23?,24-/m1/s1. The van der Waals surface area contributed by atoms with Crippen LogP contribution in [0.4, 0.5) is 22.0 Å². The fourth-order valence-corrected chi connectivity index (χ4v) is 5.25. The van der Waals surface area contributed by atoms with Crippen molar-refractivity contribution in [2.45, 2.75) is 42.2 Å². The number of hydrogen-bond donors (Lipinski definition) is 1. The van der Waals surface area contributed by atoms with Crippen LogP contribution >= 0.6 is 11.8 Å². The largest absolute Gasteiger partial charge is 0.573 e. The topological polar surface area (TPSA) is 78.6 Å². The molecular weight excluding hydrogens is 533 g/mol. The van der Waals surface area contributed by atoms with Crippen molar-refractivity contribution in [1.82, 2.24) is 14.8 Å². The minimum absolute atomic E-state index is 0.0791. The van der Waals surface area contributed by atoms with Crippen molar-refractivity contribution in [3.63, 3.8) is 0 Å². The lowest BCUT2D eigenvalue weighted by molar-refractivity contribution is -0.274. The summed E-state index contributed by atoms with van der Waals surface area (Å²) in [7, 11) is 0. The van der Waals surface area contributed by atoms with Crippen molar-refractivity contribution >= 4 is 17.8 Å². The van der Waals surface area contributed by atoms with Crippen LogP contribution in [-0.4, -0.2) is 56.2 Å². The highest BCUT2D eigenvalue weighted by Gasteiger charge is 2.41. The first-order valence-corrected chi connectivity index (χ1v) is 12.4. The molecule has 7 nitrogen and oxygen atoms in total. The van der Waals surface area contributed by atoms with Gasteiger partial charge >= 0.3 is 6.36 Å². The number of hydrogen-bond acceptors (Lipinski definition) is 7. The Hall–Kier alpha value is -3.00. The molecule has 0 amide bonds. The molecule has 2 atom stereocenters. The van der Waals surface area contributed by atoms with Crippen LogP contribution in [0.5, 0.6) is 5.75 Å². The molecule has 2 aromatic carbocycles. The summed E-state index contributed by atoms with van der Waals surface area (Å²) >= 11 is 1.31. The maximum atomic E-state index is 14.7. The van der Waals surface area contributed by atoms with Crippen LogP contribution in [0.3, 0.4) is 0 Å². The molecule has 0 saturated carbocycles. The number of alkyl halides is 3. The second-order valence-corrected chi connectivity index (χ2v) is 10.2. The summed E-state index contributed by atoms with van der Waals surface area (Å²) in [4.78, 5) is 3.86. The lowest BCUT2D eigenvalue weighted by atomic mass is 9.90. The zero-order chi connectivity index (χ0) is 27.3. The van der Waals surface area contributed by atoms with Crippen LogP contribution in [0.1, 0.15) is 18.1 Å². The van der Waals surface area contributed by atoms with Gasteiger partial charge in [-0.2, -0.15) is 5.10 Å². The first-order valence-electron chi connectivity index (χ1n) is 11.4. The molecule has 0 spiro atoms. The Labute approximate surface area is 219 Å². The Morgan fingerprint density at radius 2 is 1.95 bits per heavy atom. The Bertz CT molecular complexity index is 1240. The zero-order valence-corrected chi connectivity index (χ0v) is 20.8. The van der Waals surface area contributed by atoms with Gasteiger partial charge in [-0.15, -0.1) is 24.9 Å². The maximum Gasteiger partial charge on any atom is 0.573 e. The Morgan fingerprint density at radius 1 is 1.18 bits per heavy atom. The molecule has 0 bridgehead atoms. The van der Waals surface area contributed by atoms with Gasteiger partial charge in [0.15, 0.2) is 6.29 Å². The number of aromatic nitrogens is 3. The number of aliphatic hydroxyl groups is 1. The van der Waals surface area contributed by atoms with E-state index in [4.69, 9.17) is 9.47 Å². The smallest absolute Gasteiger partial charge is 0.406 e. The van der Waals surface area contributed by atoms with Crippen LogP contribution in [0, 0.1) is 11.6 Å². The Kier molecular flexibility index (Phi) is 8.71. The molecule has 1 saturated heterocycles. The van der Waals surface area contributed by atoms with Crippen LogP contribution in [0.15, 0.2) is 61.2 Å². The van der Waals surface area contributed by atoms with Gasteiger partial charge in [-0.1, -0.05) is 31.2 Å². The Balaban J connectivity index is 1.38. The van der Waals surface area contributed by atoms with Crippen LogP contribution < -0.4 is 4.74 Å². The van der Waals surface area contributed by atoms with E-state index in [9.17, 15) is 27.1 Å². The minimum Gasteiger partial charge on any atom is -0.406 e. The fraction of sp³-hybridized carbons (Fsp3) is 0.360. The van der Waals surface area contributed by atoms with Crippen LogP contribution in [0.2, 0.25) is 0 Å². The summed E-state index contributed by atoms with van der Waals surface area (Å²) < 4.78 is 82.3. The van der Waals surface area contributed by atoms with E-state index < -0.39 is 35.1 Å². The first kappa shape index (κ1) is 28.0. The fourth-order valence-electron chi connectivity index (χ4n) is 3.93. The third-order valence-electron chi connectivity index (χ3n) is 5.77. The SMILES string of the molecule is C[C@@H](SC1COC(/C=C/c2cccc(OC(F)(F)F)c2)OC1)[C@](O)(Cn1cncn1)c1ccc(F)cc1F. The molecule has 204 valence electrons. The first-order chi connectivity index (χ1) is 18.0. The molecular formula is C25H24F5N3O4S. The van der Waals surface area contributed by atoms with Gasteiger partial charge in [0.05, 0.1) is 25.0 Å². The van der Waals surface area contributed by atoms with Gasteiger partial charge in [0, 0.05) is 16.9 Å². The average Bonchev–Trinajstić information content (AvgIpc) is 3.35. The normalized spacial score (nSPS) is 20.8. The quantitative estimate of drug-likeness (QED) is 0.375. The third kappa shape index (κ3) is 7.31. The van der Waals surface area contributed by atoms with E-state index >= 15 is 0 Å². The van der Waals surface area contributed by atoms with Gasteiger partial charge in [-0.05, 0) is 29.8 Å². The zero-order valence-electron chi connectivity index (χ0n) is 20.0. The van der Waals surface area contributed by atoms with Gasteiger partial charge in [-0.3, -0.25) is 0 Å².